The molecule has 0 amide bonds. The maximum absolute atomic E-state index is 6.07. The van der Waals surface area contributed by atoms with Gasteiger partial charge in [-0.3, -0.25) is 0 Å². The third-order valence-corrected chi connectivity index (χ3v) is 4.03. The number of nitrogens with two attached hydrogens (primary N) is 2. The topological polar surface area (TPSA) is 82.8 Å². The van der Waals surface area contributed by atoms with Crippen LogP contribution in [0, 0.1) is 0 Å². The lowest BCUT2D eigenvalue weighted by Crippen LogP contribution is -2.00. The fourth-order valence-electron chi connectivity index (χ4n) is 2.39. The van der Waals surface area contributed by atoms with Gasteiger partial charge in [-0.2, -0.15) is 11.8 Å². The van der Waals surface area contributed by atoms with Crippen LogP contribution in [-0.4, -0.2) is 26.5 Å². The number of thioether (sulfide) groups is 1. The molecule has 1 aromatic carbocycles. The Balaban J connectivity index is 2.19. The van der Waals surface area contributed by atoms with Crippen LogP contribution < -0.4 is 11.5 Å². The van der Waals surface area contributed by atoms with Gasteiger partial charge in [0.15, 0.2) is 0 Å². The summed E-state index contributed by atoms with van der Waals surface area (Å²) in [5, 5.41) is 0.906. The molecule has 0 aliphatic rings. The standard InChI is InChI=1S/C15H17N5S/c1-21-7-6-20-8-12(10-2-4-11(16)5-3-10)13-14(17)18-9-19-15(13)20/h2-5,8-9H,6-7,16H2,1H3,(H2,17,18,19). The average Bonchev–Trinajstić information content (AvgIpc) is 2.86. The van der Waals surface area contributed by atoms with Gasteiger partial charge in [-0.15, -0.1) is 0 Å². The first-order chi connectivity index (χ1) is 10.2. The molecular formula is C15H17N5S. The first kappa shape index (κ1) is 13.8. The molecule has 21 heavy (non-hydrogen) atoms. The van der Waals surface area contributed by atoms with Crippen molar-refractivity contribution in [1.29, 1.82) is 0 Å². The van der Waals surface area contributed by atoms with E-state index in [1.807, 2.05) is 24.3 Å². The minimum atomic E-state index is 0.509. The zero-order valence-corrected chi connectivity index (χ0v) is 12.6. The van der Waals surface area contributed by atoms with Crippen LogP contribution in [0.3, 0.4) is 0 Å². The lowest BCUT2D eigenvalue weighted by atomic mass is 10.1. The predicted octanol–water partition coefficient (Wildman–Crippen LogP) is 2.63. The van der Waals surface area contributed by atoms with E-state index in [0.29, 0.717) is 5.82 Å². The minimum Gasteiger partial charge on any atom is -0.399 e. The summed E-state index contributed by atoms with van der Waals surface area (Å²) in [7, 11) is 0. The smallest absolute Gasteiger partial charge is 0.146 e. The van der Waals surface area contributed by atoms with E-state index >= 15 is 0 Å². The number of hydrogen-bond donors (Lipinski definition) is 2. The van der Waals surface area contributed by atoms with E-state index in [9.17, 15) is 0 Å². The molecule has 0 radical (unpaired) electrons. The van der Waals surface area contributed by atoms with Gasteiger partial charge in [0.25, 0.3) is 0 Å². The fraction of sp³-hybridized carbons (Fsp3) is 0.200. The molecule has 0 unspecified atom stereocenters. The molecule has 5 nitrogen and oxygen atoms in total. The summed E-state index contributed by atoms with van der Waals surface area (Å²) in [5.41, 5.74) is 15.6. The Morgan fingerprint density at radius 3 is 2.62 bits per heavy atom. The second kappa shape index (κ2) is 5.65. The second-order valence-electron chi connectivity index (χ2n) is 4.81. The highest BCUT2D eigenvalue weighted by Crippen LogP contribution is 2.32. The number of hydrogen-bond acceptors (Lipinski definition) is 5. The lowest BCUT2D eigenvalue weighted by molar-refractivity contribution is 0.797. The molecule has 4 N–H and O–H groups in total. The van der Waals surface area contributed by atoms with Gasteiger partial charge in [-0.25, -0.2) is 9.97 Å². The Hall–Kier alpha value is -2.21. The molecule has 6 heteroatoms. The summed E-state index contributed by atoms with van der Waals surface area (Å²) in [5.74, 6) is 1.53. The Kier molecular flexibility index (Phi) is 3.70. The molecule has 0 saturated carbocycles. The van der Waals surface area contributed by atoms with Crippen LogP contribution in [0.25, 0.3) is 22.2 Å². The Bertz CT molecular complexity index is 764. The van der Waals surface area contributed by atoms with E-state index in [1.54, 1.807) is 11.8 Å². The van der Waals surface area contributed by atoms with E-state index in [1.165, 1.54) is 6.33 Å². The molecule has 3 rings (SSSR count). The van der Waals surface area contributed by atoms with Crippen LogP contribution in [-0.2, 0) is 6.54 Å². The van der Waals surface area contributed by atoms with Crippen molar-refractivity contribution in [1.82, 2.24) is 14.5 Å². The summed E-state index contributed by atoms with van der Waals surface area (Å²) in [6.07, 6.45) is 5.70. The van der Waals surface area contributed by atoms with E-state index in [2.05, 4.69) is 27.0 Å². The molecule has 0 aliphatic heterocycles. The molecule has 2 aromatic heterocycles. The lowest BCUT2D eigenvalue weighted by Gasteiger charge is -2.02. The van der Waals surface area contributed by atoms with E-state index < -0.39 is 0 Å². The minimum absolute atomic E-state index is 0.509. The van der Waals surface area contributed by atoms with Crippen molar-refractivity contribution in [2.24, 2.45) is 0 Å². The van der Waals surface area contributed by atoms with Crippen LogP contribution >= 0.6 is 11.8 Å². The number of aromatic nitrogens is 3. The molecule has 108 valence electrons. The predicted molar refractivity (Wildman–Crippen MR) is 90.2 cm³/mol. The Morgan fingerprint density at radius 1 is 1.14 bits per heavy atom. The summed E-state index contributed by atoms with van der Waals surface area (Å²) in [6, 6.07) is 7.77. The Morgan fingerprint density at radius 2 is 1.90 bits per heavy atom. The van der Waals surface area contributed by atoms with Crippen LogP contribution in [0.4, 0.5) is 11.5 Å². The van der Waals surface area contributed by atoms with Gasteiger partial charge in [0.05, 0.1) is 5.39 Å². The van der Waals surface area contributed by atoms with Crippen molar-refractivity contribution < 1.29 is 0 Å². The van der Waals surface area contributed by atoms with Gasteiger partial charge >= 0.3 is 0 Å². The summed E-state index contributed by atoms with van der Waals surface area (Å²) in [4.78, 5) is 8.52. The quantitative estimate of drug-likeness (QED) is 0.724. The largest absolute Gasteiger partial charge is 0.399 e. The number of nitrogen functional groups attached to an aromatic ring is 2. The van der Waals surface area contributed by atoms with Crippen LogP contribution in [0.2, 0.25) is 0 Å². The van der Waals surface area contributed by atoms with Crippen LogP contribution in [0.15, 0.2) is 36.8 Å². The van der Waals surface area contributed by atoms with Crippen molar-refractivity contribution in [2.45, 2.75) is 6.54 Å². The molecule has 0 bridgehead atoms. The van der Waals surface area contributed by atoms with Gasteiger partial charge in [-0.1, -0.05) is 12.1 Å². The highest BCUT2D eigenvalue weighted by atomic mass is 32.2. The monoisotopic (exact) mass is 299 g/mol. The van der Waals surface area contributed by atoms with Gasteiger partial charge < -0.3 is 16.0 Å². The SMILES string of the molecule is CSCCn1cc(-c2ccc(N)cc2)c2c(N)ncnc21. The third kappa shape index (κ3) is 2.54. The Labute approximate surface area is 127 Å². The molecule has 0 atom stereocenters. The van der Waals surface area contributed by atoms with Crippen molar-refractivity contribution in [2.75, 3.05) is 23.5 Å². The highest BCUT2D eigenvalue weighted by molar-refractivity contribution is 7.98. The van der Waals surface area contributed by atoms with Gasteiger partial charge in [0.1, 0.15) is 17.8 Å². The van der Waals surface area contributed by atoms with Crippen molar-refractivity contribution in [3.63, 3.8) is 0 Å². The first-order valence-corrected chi connectivity index (χ1v) is 8.04. The average molecular weight is 299 g/mol. The fourth-order valence-corrected chi connectivity index (χ4v) is 2.77. The van der Waals surface area contributed by atoms with Crippen LogP contribution in [0.5, 0.6) is 0 Å². The number of fused-ring (bicyclic) bond motifs is 1. The molecule has 0 aliphatic carbocycles. The van der Waals surface area contributed by atoms with E-state index in [0.717, 1.165) is 40.1 Å². The van der Waals surface area contributed by atoms with Gasteiger partial charge in [0, 0.05) is 29.7 Å². The zero-order chi connectivity index (χ0) is 14.8. The third-order valence-electron chi connectivity index (χ3n) is 3.44. The molecule has 0 spiro atoms. The maximum Gasteiger partial charge on any atom is 0.146 e. The molecule has 0 saturated heterocycles. The van der Waals surface area contributed by atoms with Crippen molar-refractivity contribution >= 4 is 34.3 Å². The summed E-state index contributed by atoms with van der Waals surface area (Å²) in [6.45, 7) is 0.892. The second-order valence-corrected chi connectivity index (χ2v) is 5.79. The van der Waals surface area contributed by atoms with E-state index in [4.69, 9.17) is 11.5 Å². The molecule has 3 aromatic rings. The van der Waals surface area contributed by atoms with Crippen molar-refractivity contribution in [3.8, 4) is 11.1 Å². The normalized spacial score (nSPS) is 11.1. The van der Waals surface area contributed by atoms with Crippen LogP contribution in [0.1, 0.15) is 0 Å². The number of anilines is 2. The highest BCUT2D eigenvalue weighted by Gasteiger charge is 2.14. The molecular weight excluding hydrogens is 282 g/mol. The summed E-state index contributed by atoms with van der Waals surface area (Å²) < 4.78 is 2.13. The maximum atomic E-state index is 6.07. The van der Waals surface area contributed by atoms with Crippen molar-refractivity contribution in [3.05, 3.63) is 36.8 Å². The zero-order valence-electron chi connectivity index (χ0n) is 11.8. The van der Waals surface area contributed by atoms with Gasteiger partial charge in [0.2, 0.25) is 0 Å². The number of nitrogens with zero attached hydrogens (tertiary/aromatic N) is 3. The summed E-state index contributed by atoms with van der Waals surface area (Å²) >= 11 is 1.80. The first-order valence-electron chi connectivity index (χ1n) is 6.65. The number of benzene rings is 1. The molecule has 2 heterocycles. The number of rotatable bonds is 4. The van der Waals surface area contributed by atoms with E-state index in [-0.39, 0.29) is 0 Å². The number of aryl methyl sites for hydroxylation is 1. The molecule has 0 fully saturated rings. The van der Waals surface area contributed by atoms with Gasteiger partial charge in [-0.05, 0) is 24.0 Å².